The first kappa shape index (κ1) is 19.7. The molecule has 2 N–H and O–H groups in total. The zero-order valence-corrected chi connectivity index (χ0v) is 16.5. The van der Waals surface area contributed by atoms with Crippen molar-refractivity contribution in [2.45, 2.75) is 34.6 Å². The van der Waals surface area contributed by atoms with Gasteiger partial charge in [-0.1, -0.05) is 19.9 Å². The van der Waals surface area contributed by atoms with E-state index in [-0.39, 0.29) is 5.97 Å². The van der Waals surface area contributed by atoms with Crippen molar-refractivity contribution in [3.8, 4) is 0 Å². The van der Waals surface area contributed by atoms with Gasteiger partial charge in [0.25, 0.3) is 0 Å². The summed E-state index contributed by atoms with van der Waals surface area (Å²) in [7, 11) is 1.40. The molecule has 1 aromatic heterocycles. The molecule has 0 saturated carbocycles. The molecule has 1 aliphatic rings. The molecular weight excluding hydrogens is 328 g/mol. The number of anilines is 1. The highest BCUT2D eigenvalue weighted by molar-refractivity contribution is 6.00. The number of carbonyl (C=O) groups is 1. The van der Waals surface area contributed by atoms with Gasteiger partial charge < -0.3 is 15.4 Å². The molecule has 0 spiro atoms. The summed E-state index contributed by atoms with van der Waals surface area (Å²) in [5.74, 6) is 0.846. The Balaban J connectivity index is 2.22. The summed E-state index contributed by atoms with van der Waals surface area (Å²) in [5, 5.41) is 0. The number of rotatable bonds is 5. The second-order valence-corrected chi connectivity index (χ2v) is 6.82. The predicted octanol–water partition coefficient (Wildman–Crippen LogP) is 3.29. The number of ether oxygens (including phenoxy) is 1. The summed E-state index contributed by atoms with van der Waals surface area (Å²) in [5.41, 5.74) is 11.1. The molecule has 0 unspecified atom stereocenters. The minimum Gasteiger partial charge on any atom is -0.466 e. The zero-order valence-electron chi connectivity index (χ0n) is 16.5. The maximum atomic E-state index is 11.6. The number of aliphatic imine (C=N–C) groups is 1. The number of nitrogens with two attached hydrogens (primary N) is 1. The Hall–Kier alpha value is -2.63. The number of allylic oxidation sites excluding steroid dienone is 2. The van der Waals surface area contributed by atoms with Crippen molar-refractivity contribution < 1.29 is 9.53 Å². The first-order valence-electron chi connectivity index (χ1n) is 8.76. The molecule has 2 rings (SSSR count). The smallest absolute Gasteiger partial charge is 0.335 e. The van der Waals surface area contributed by atoms with Gasteiger partial charge in [0.1, 0.15) is 5.82 Å². The van der Waals surface area contributed by atoms with Crippen LogP contribution < -0.4 is 10.6 Å². The fourth-order valence-electron chi connectivity index (χ4n) is 3.24. The molecule has 140 valence electrons. The van der Waals surface area contributed by atoms with Gasteiger partial charge in [0.05, 0.1) is 30.6 Å². The van der Waals surface area contributed by atoms with Gasteiger partial charge in [-0.05, 0) is 44.4 Å². The molecule has 1 aliphatic heterocycles. The van der Waals surface area contributed by atoms with Gasteiger partial charge in [-0.3, -0.25) is 4.99 Å². The average molecular weight is 356 g/mol. The molecule has 6 nitrogen and oxygen atoms in total. The zero-order chi connectivity index (χ0) is 19.4. The third-order valence-electron chi connectivity index (χ3n) is 4.41. The van der Waals surface area contributed by atoms with E-state index in [0.29, 0.717) is 24.6 Å². The highest BCUT2D eigenvalue weighted by Crippen LogP contribution is 2.26. The Kier molecular flexibility index (Phi) is 6.18. The summed E-state index contributed by atoms with van der Waals surface area (Å²) < 4.78 is 4.78. The first-order valence-corrected chi connectivity index (χ1v) is 8.76. The number of methoxy groups -OCH3 is 1. The molecular formula is C20H28N4O2. The van der Waals surface area contributed by atoms with Crippen LogP contribution in [0.15, 0.2) is 40.0 Å². The van der Waals surface area contributed by atoms with Gasteiger partial charge >= 0.3 is 5.97 Å². The van der Waals surface area contributed by atoms with Crippen LogP contribution in [0.25, 0.3) is 0 Å². The lowest BCUT2D eigenvalue weighted by molar-refractivity contribution is -0.136. The van der Waals surface area contributed by atoms with Crippen molar-refractivity contribution in [1.82, 2.24) is 4.98 Å². The number of pyridine rings is 1. The van der Waals surface area contributed by atoms with Gasteiger partial charge in [0, 0.05) is 18.0 Å². The number of hydrogen-bond donors (Lipinski definition) is 1. The van der Waals surface area contributed by atoms with Gasteiger partial charge in [0.2, 0.25) is 0 Å². The van der Waals surface area contributed by atoms with Crippen LogP contribution in [0.4, 0.5) is 11.5 Å². The molecule has 0 aliphatic carbocycles. The van der Waals surface area contributed by atoms with Crippen LogP contribution >= 0.6 is 0 Å². The molecule has 0 atom stereocenters. The number of aryl methyl sites for hydroxylation is 1. The molecule has 26 heavy (non-hydrogen) atoms. The monoisotopic (exact) mass is 356 g/mol. The molecule has 0 saturated heterocycles. The number of aromatic nitrogens is 1. The van der Waals surface area contributed by atoms with E-state index in [4.69, 9.17) is 15.5 Å². The Bertz CT molecular complexity index is 787. The fourth-order valence-corrected chi connectivity index (χ4v) is 3.24. The second-order valence-electron chi connectivity index (χ2n) is 6.82. The lowest BCUT2D eigenvalue weighted by atomic mass is 9.97. The van der Waals surface area contributed by atoms with Crippen LogP contribution in [0.2, 0.25) is 0 Å². The van der Waals surface area contributed by atoms with E-state index in [9.17, 15) is 4.79 Å². The summed E-state index contributed by atoms with van der Waals surface area (Å²) in [4.78, 5) is 23.1. The van der Waals surface area contributed by atoms with Crippen LogP contribution in [0.5, 0.6) is 0 Å². The molecule has 2 heterocycles. The van der Waals surface area contributed by atoms with Gasteiger partial charge in [0.15, 0.2) is 0 Å². The van der Waals surface area contributed by atoms with Crippen molar-refractivity contribution in [2.75, 3.05) is 25.1 Å². The maximum Gasteiger partial charge on any atom is 0.335 e. The minimum absolute atomic E-state index is 0.286. The summed E-state index contributed by atoms with van der Waals surface area (Å²) in [6, 6.07) is 3.89. The highest BCUT2D eigenvalue weighted by Gasteiger charge is 2.21. The largest absolute Gasteiger partial charge is 0.466 e. The maximum absolute atomic E-state index is 11.6. The number of esters is 1. The van der Waals surface area contributed by atoms with Gasteiger partial charge in [-0.25, -0.2) is 9.78 Å². The van der Waals surface area contributed by atoms with Crippen LogP contribution in [0, 0.1) is 12.8 Å². The average Bonchev–Trinajstić information content (AvgIpc) is 3.05. The fraction of sp³-hybridized carbons (Fsp3) is 0.450. The summed E-state index contributed by atoms with van der Waals surface area (Å²) in [6.45, 7) is 11.2. The molecule has 1 aromatic rings. The van der Waals surface area contributed by atoms with Gasteiger partial charge in [-0.15, -0.1) is 0 Å². The predicted molar refractivity (Wildman–Crippen MR) is 106 cm³/mol. The standard InChI is InChI=1S/C20H28N4O2/c1-12(2)19(13(3)21)15(5)22-17-7-8-18(23-14(17)4)24-10-9-16(11-24)20(25)26-6/h7-9,12H,10-11,21H2,1-6H3/b19-13-,22-15?. The normalized spacial score (nSPS) is 15.9. The van der Waals surface area contributed by atoms with E-state index in [2.05, 4.69) is 18.8 Å². The summed E-state index contributed by atoms with van der Waals surface area (Å²) >= 11 is 0. The van der Waals surface area contributed by atoms with Crippen molar-refractivity contribution in [2.24, 2.45) is 16.6 Å². The number of carbonyl (C=O) groups excluding carboxylic acids is 1. The Morgan fingerprint density at radius 2 is 2.04 bits per heavy atom. The molecule has 0 aromatic carbocycles. The van der Waals surface area contributed by atoms with Crippen LogP contribution in [0.1, 0.15) is 33.4 Å². The third kappa shape index (κ3) is 4.31. The number of nitrogens with zero attached hydrogens (tertiary/aromatic N) is 3. The topological polar surface area (TPSA) is 80.8 Å². The lowest BCUT2D eigenvalue weighted by Gasteiger charge is -2.18. The SMILES string of the molecule is COC(=O)C1=CCN(c2ccc(N=C(C)/C(=C(/C)N)C(C)C)c(C)n2)C1. The van der Waals surface area contributed by atoms with E-state index >= 15 is 0 Å². The van der Waals surface area contributed by atoms with E-state index < -0.39 is 0 Å². The number of hydrogen-bond acceptors (Lipinski definition) is 6. The Labute approximate surface area is 155 Å². The van der Waals surface area contributed by atoms with E-state index in [1.807, 2.05) is 43.9 Å². The molecule has 0 radical (unpaired) electrons. The minimum atomic E-state index is -0.286. The quantitative estimate of drug-likeness (QED) is 0.647. The van der Waals surface area contributed by atoms with Crippen LogP contribution in [0.3, 0.4) is 0 Å². The Morgan fingerprint density at radius 1 is 1.35 bits per heavy atom. The van der Waals surface area contributed by atoms with Gasteiger partial charge in [-0.2, -0.15) is 0 Å². The molecule has 0 bridgehead atoms. The van der Waals surface area contributed by atoms with Crippen LogP contribution in [-0.4, -0.2) is 36.9 Å². The molecule has 0 amide bonds. The second kappa shape index (κ2) is 8.17. The van der Waals surface area contributed by atoms with Crippen LogP contribution in [-0.2, 0) is 9.53 Å². The molecule has 6 heteroatoms. The first-order chi connectivity index (χ1) is 12.2. The molecule has 0 fully saturated rings. The van der Waals surface area contributed by atoms with E-state index in [1.54, 1.807) is 0 Å². The lowest BCUT2D eigenvalue weighted by Crippen LogP contribution is -2.23. The summed E-state index contributed by atoms with van der Waals surface area (Å²) in [6.07, 6.45) is 1.88. The Morgan fingerprint density at radius 3 is 2.58 bits per heavy atom. The van der Waals surface area contributed by atoms with Crippen molar-refractivity contribution in [3.63, 3.8) is 0 Å². The van der Waals surface area contributed by atoms with Crippen molar-refractivity contribution in [1.29, 1.82) is 0 Å². The third-order valence-corrected chi connectivity index (χ3v) is 4.41. The van der Waals surface area contributed by atoms with E-state index in [1.165, 1.54) is 7.11 Å². The van der Waals surface area contributed by atoms with Crippen molar-refractivity contribution >= 4 is 23.2 Å². The van der Waals surface area contributed by atoms with E-state index in [0.717, 1.165) is 34.2 Å². The van der Waals surface area contributed by atoms with Crippen molar-refractivity contribution in [3.05, 3.63) is 40.7 Å². The highest BCUT2D eigenvalue weighted by atomic mass is 16.5.